The highest BCUT2D eigenvalue weighted by Gasteiger charge is 2.36. The lowest BCUT2D eigenvalue weighted by molar-refractivity contribution is 0.252. The Hall–Kier alpha value is -1.81. The van der Waals surface area contributed by atoms with Crippen molar-refractivity contribution >= 4 is 39.1 Å². The third kappa shape index (κ3) is 10.8. The molecular weight excluding hydrogens is 619 g/mol. The van der Waals surface area contributed by atoms with E-state index in [1.54, 1.807) is 0 Å². The zero-order valence-electron chi connectivity index (χ0n) is 17.2. The van der Waals surface area contributed by atoms with E-state index in [0.29, 0.717) is 6.07 Å². The fourth-order valence-corrected chi connectivity index (χ4v) is 4.52. The van der Waals surface area contributed by atoms with Gasteiger partial charge < -0.3 is 22.6 Å². The molecule has 37 heavy (non-hydrogen) atoms. The van der Waals surface area contributed by atoms with E-state index in [4.69, 9.17) is 19.6 Å². The minimum Gasteiger partial charge on any atom is -0.404 e. The number of phosphoric acid groups is 5. The van der Waals surface area contributed by atoms with E-state index in [1.165, 1.54) is 0 Å². The highest BCUT2D eigenvalue weighted by atomic mass is 31.2. The first-order valence-electron chi connectivity index (χ1n) is 8.50. The first-order chi connectivity index (χ1) is 16.4. The van der Waals surface area contributed by atoms with Crippen LogP contribution < -0.4 is 22.6 Å². The van der Waals surface area contributed by atoms with Crippen LogP contribution in [0.2, 0.25) is 0 Å². The topological polar surface area (TPSA) is 334 Å². The molecule has 0 aliphatic heterocycles. The second kappa shape index (κ2) is 10.8. The Bertz CT molecular complexity index is 1410. The minimum absolute atomic E-state index is 0.196. The summed E-state index contributed by atoms with van der Waals surface area (Å²) < 4.78 is 78.8. The third-order valence-electron chi connectivity index (χ3n) is 3.37. The molecule has 0 heterocycles. The maximum atomic E-state index is 11.7. The van der Waals surface area contributed by atoms with E-state index in [9.17, 15) is 52.2 Å². The van der Waals surface area contributed by atoms with Crippen molar-refractivity contribution in [1.29, 1.82) is 0 Å². The molecule has 2 rings (SSSR count). The highest BCUT2D eigenvalue weighted by Crippen LogP contribution is 2.61. The molecule has 2 aromatic rings. The minimum atomic E-state index is -5.80. The smallest absolute Gasteiger partial charge is 0.404 e. The van der Waals surface area contributed by atoms with Crippen LogP contribution in [-0.2, 0) is 22.8 Å². The third-order valence-corrected chi connectivity index (χ3v) is 5.53. The van der Waals surface area contributed by atoms with Crippen LogP contribution in [0, 0.1) is 0 Å². The van der Waals surface area contributed by atoms with Crippen molar-refractivity contribution in [2.75, 3.05) is 0 Å². The summed E-state index contributed by atoms with van der Waals surface area (Å²) in [5.74, 6) is -6.56. The molecule has 0 saturated carbocycles. The number of hydrogen-bond donors (Lipinski definition) is 10. The predicted octanol–water partition coefficient (Wildman–Crippen LogP) is 0.711. The summed E-state index contributed by atoms with van der Waals surface area (Å²) >= 11 is 0. The summed E-state index contributed by atoms with van der Waals surface area (Å²) in [4.78, 5) is 92.0. The Kier molecular flexibility index (Phi) is 9.13. The standard InChI is InChI=1S/C12H15O20P5/c13-33(14,15)28-7-3-1-2-6(4-7)10-8(29-34(16,17)18)5-9(30-35(19,20)21)11(31-36(22,23)24)12(10)32-37(25,26)27/h1-5H,(H2,13,14,15)(H2,16,17,18)(H2,19,20,21)(H2,22,23,24)(H2,25,26,27). The van der Waals surface area contributed by atoms with Gasteiger partial charge in [-0.2, -0.15) is 0 Å². The van der Waals surface area contributed by atoms with Crippen LogP contribution in [0.4, 0.5) is 0 Å². The Morgan fingerprint density at radius 2 is 0.919 bits per heavy atom. The molecule has 0 aromatic heterocycles. The lowest BCUT2D eigenvalue weighted by atomic mass is 10.0. The quantitative estimate of drug-likeness (QED) is 0.152. The van der Waals surface area contributed by atoms with Crippen LogP contribution >= 0.6 is 39.1 Å². The average Bonchev–Trinajstić information content (AvgIpc) is 2.59. The SMILES string of the molecule is O=P(O)(O)Oc1cccc(-c2c(OP(=O)(O)O)cc(OP(=O)(O)O)c(OP(=O)(O)O)c2OP(=O)(O)O)c1. The number of hydrogen-bond acceptors (Lipinski definition) is 10. The Balaban J connectivity index is 3.09. The maximum Gasteiger partial charge on any atom is 0.525 e. The van der Waals surface area contributed by atoms with E-state index in [2.05, 4.69) is 22.6 Å². The van der Waals surface area contributed by atoms with E-state index < -0.39 is 79.0 Å². The molecule has 2 aromatic carbocycles. The first kappa shape index (κ1) is 31.4. The molecule has 208 valence electrons. The van der Waals surface area contributed by atoms with Gasteiger partial charge in [-0.15, -0.1) is 0 Å². The van der Waals surface area contributed by atoms with Gasteiger partial charge in [0.05, 0.1) is 5.56 Å². The maximum absolute atomic E-state index is 11.7. The molecule has 0 aliphatic carbocycles. The van der Waals surface area contributed by atoms with Gasteiger partial charge in [-0.25, -0.2) is 22.8 Å². The van der Waals surface area contributed by atoms with Crippen molar-refractivity contribution in [2.24, 2.45) is 0 Å². The summed E-state index contributed by atoms with van der Waals surface area (Å²) in [6.45, 7) is 0. The zero-order valence-corrected chi connectivity index (χ0v) is 21.6. The largest absolute Gasteiger partial charge is 0.525 e. The molecule has 0 spiro atoms. The molecular formula is C12H15O20P5. The molecule has 0 saturated heterocycles. The van der Waals surface area contributed by atoms with E-state index in [1.807, 2.05) is 0 Å². The van der Waals surface area contributed by atoms with Gasteiger partial charge in [0.2, 0.25) is 5.75 Å². The molecule has 10 N–H and O–H groups in total. The van der Waals surface area contributed by atoms with Crippen molar-refractivity contribution in [3.8, 4) is 39.9 Å². The summed E-state index contributed by atoms with van der Waals surface area (Å²) in [5.41, 5.74) is -1.61. The van der Waals surface area contributed by atoms with Crippen LogP contribution in [-0.4, -0.2) is 48.9 Å². The first-order valence-corrected chi connectivity index (χ1v) is 16.1. The monoisotopic (exact) mass is 634 g/mol. The van der Waals surface area contributed by atoms with Crippen LogP contribution in [0.3, 0.4) is 0 Å². The van der Waals surface area contributed by atoms with Gasteiger partial charge in [-0.3, -0.25) is 48.9 Å². The summed E-state index contributed by atoms with van der Waals surface area (Å²) in [5, 5.41) is 0. The fraction of sp³-hybridized carbons (Fsp3) is 0. The highest BCUT2D eigenvalue weighted by molar-refractivity contribution is 7.48. The van der Waals surface area contributed by atoms with Crippen molar-refractivity contribution in [3.05, 3.63) is 30.3 Å². The van der Waals surface area contributed by atoms with Crippen LogP contribution in [0.5, 0.6) is 28.7 Å². The van der Waals surface area contributed by atoms with Gasteiger partial charge in [0.1, 0.15) is 11.5 Å². The van der Waals surface area contributed by atoms with Gasteiger partial charge >= 0.3 is 39.1 Å². The molecule has 0 atom stereocenters. The van der Waals surface area contributed by atoms with Gasteiger partial charge in [0.15, 0.2) is 11.5 Å². The Morgan fingerprint density at radius 3 is 1.38 bits per heavy atom. The van der Waals surface area contributed by atoms with E-state index in [0.717, 1.165) is 18.2 Å². The zero-order chi connectivity index (χ0) is 28.6. The average molecular weight is 634 g/mol. The molecule has 0 radical (unpaired) electrons. The second-order valence-corrected chi connectivity index (χ2v) is 12.2. The van der Waals surface area contributed by atoms with E-state index >= 15 is 0 Å². The van der Waals surface area contributed by atoms with Crippen molar-refractivity contribution in [2.45, 2.75) is 0 Å². The molecule has 0 aliphatic rings. The second-order valence-electron chi connectivity index (χ2n) is 6.34. The molecule has 0 bridgehead atoms. The predicted molar refractivity (Wildman–Crippen MR) is 115 cm³/mol. The Morgan fingerprint density at radius 1 is 0.486 bits per heavy atom. The molecule has 0 amide bonds. The van der Waals surface area contributed by atoms with Crippen LogP contribution in [0.25, 0.3) is 11.1 Å². The van der Waals surface area contributed by atoms with Crippen LogP contribution in [0.15, 0.2) is 30.3 Å². The molecule has 0 fully saturated rings. The molecule has 25 heteroatoms. The number of rotatable bonds is 11. The van der Waals surface area contributed by atoms with Crippen molar-refractivity contribution in [1.82, 2.24) is 0 Å². The van der Waals surface area contributed by atoms with E-state index in [-0.39, 0.29) is 6.07 Å². The van der Waals surface area contributed by atoms with Gasteiger partial charge in [0.25, 0.3) is 0 Å². The Labute approximate surface area is 204 Å². The normalized spacial score (nSPS) is 13.1. The summed E-state index contributed by atoms with van der Waals surface area (Å²) in [6, 6.07) is 3.73. The lowest BCUT2D eigenvalue weighted by Gasteiger charge is -2.23. The summed E-state index contributed by atoms with van der Waals surface area (Å²) in [7, 11) is -28.1. The van der Waals surface area contributed by atoms with Gasteiger partial charge in [-0.05, 0) is 17.7 Å². The van der Waals surface area contributed by atoms with Crippen molar-refractivity contribution in [3.63, 3.8) is 0 Å². The van der Waals surface area contributed by atoms with Crippen LogP contribution in [0.1, 0.15) is 0 Å². The summed E-state index contributed by atoms with van der Waals surface area (Å²) in [6.07, 6.45) is 0. The van der Waals surface area contributed by atoms with Gasteiger partial charge in [0, 0.05) is 6.07 Å². The number of benzene rings is 2. The molecule has 0 unspecified atom stereocenters. The van der Waals surface area contributed by atoms with Crippen molar-refractivity contribution < 1.29 is 94.4 Å². The molecule has 20 nitrogen and oxygen atoms in total. The fourth-order valence-electron chi connectivity index (χ4n) is 2.52. The van der Waals surface area contributed by atoms with Gasteiger partial charge in [-0.1, -0.05) is 12.1 Å². The number of phosphoric ester groups is 5. The lowest BCUT2D eigenvalue weighted by Crippen LogP contribution is -2.04.